The quantitative estimate of drug-likeness (QED) is 0.776. The number of likely N-dealkylation sites (tertiary alicyclic amines) is 1. The van der Waals surface area contributed by atoms with Gasteiger partial charge < -0.3 is 19.1 Å². The fourth-order valence-corrected chi connectivity index (χ4v) is 2.66. The lowest BCUT2D eigenvalue weighted by atomic mass is 9.87. The number of methoxy groups -OCH3 is 1. The van der Waals surface area contributed by atoms with Crippen LogP contribution in [0.3, 0.4) is 0 Å². The molecule has 1 unspecified atom stereocenters. The molecule has 0 radical (unpaired) electrons. The molecule has 0 bridgehead atoms. The summed E-state index contributed by atoms with van der Waals surface area (Å²) in [5.41, 5.74) is 1.93. The second-order valence-electron chi connectivity index (χ2n) is 6.93. The summed E-state index contributed by atoms with van der Waals surface area (Å²) in [6, 6.07) is 8.22. The van der Waals surface area contributed by atoms with Gasteiger partial charge in [0, 0.05) is 26.1 Å². The average Bonchev–Trinajstić information content (AvgIpc) is 2.41. The van der Waals surface area contributed by atoms with Crippen molar-refractivity contribution < 1.29 is 19.0 Å². The molecule has 0 saturated carbocycles. The molecule has 5 heteroatoms. The Morgan fingerprint density at radius 1 is 1.30 bits per heavy atom. The normalized spacial score (nSPS) is 16.8. The van der Waals surface area contributed by atoms with E-state index >= 15 is 0 Å². The highest BCUT2D eigenvalue weighted by Crippen LogP contribution is 2.33. The minimum Gasteiger partial charge on any atom is -0.444 e. The minimum atomic E-state index is -0.456. The van der Waals surface area contributed by atoms with Gasteiger partial charge in [-0.3, -0.25) is 0 Å². The van der Waals surface area contributed by atoms with Gasteiger partial charge in [-0.25, -0.2) is 4.79 Å². The van der Waals surface area contributed by atoms with Crippen molar-refractivity contribution in [2.24, 2.45) is 0 Å². The highest BCUT2D eigenvalue weighted by molar-refractivity contribution is 5.69. The number of carbonyl (C=O) groups excluding carboxylic acids is 1. The molecule has 1 fully saturated rings. The number of rotatable bonds is 5. The van der Waals surface area contributed by atoms with Crippen LogP contribution in [0.25, 0.3) is 0 Å². The van der Waals surface area contributed by atoms with E-state index in [1.165, 1.54) is 5.56 Å². The second-order valence-corrected chi connectivity index (χ2v) is 6.93. The van der Waals surface area contributed by atoms with Crippen molar-refractivity contribution >= 4 is 6.09 Å². The lowest BCUT2D eigenvalue weighted by molar-refractivity contribution is -0.0671. The predicted molar refractivity (Wildman–Crippen MR) is 88.4 cm³/mol. The van der Waals surface area contributed by atoms with Gasteiger partial charge >= 0.3 is 6.09 Å². The summed E-state index contributed by atoms with van der Waals surface area (Å²) in [5, 5.41) is 0. The number of hydrogen-bond donors (Lipinski definition) is 0. The maximum atomic E-state index is 12.0. The highest BCUT2D eigenvalue weighted by Gasteiger charge is 2.35. The molecule has 0 N–H and O–H groups in total. The van der Waals surface area contributed by atoms with Crippen molar-refractivity contribution in [1.82, 2.24) is 4.90 Å². The van der Waals surface area contributed by atoms with Gasteiger partial charge in [0.05, 0.1) is 6.10 Å². The van der Waals surface area contributed by atoms with Gasteiger partial charge in [-0.1, -0.05) is 24.3 Å². The van der Waals surface area contributed by atoms with E-state index in [2.05, 4.69) is 12.1 Å². The van der Waals surface area contributed by atoms with E-state index in [-0.39, 0.29) is 19.0 Å². The summed E-state index contributed by atoms with van der Waals surface area (Å²) >= 11 is 0. The molecule has 0 aliphatic carbocycles. The van der Waals surface area contributed by atoms with Gasteiger partial charge in [0.25, 0.3) is 0 Å². The maximum absolute atomic E-state index is 12.0. The van der Waals surface area contributed by atoms with Gasteiger partial charge in [-0.05, 0) is 38.8 Å². The Hall–Kier alpha value is -1.59. The Balaban J connectivity index is 1.98. The third-order valence-corrected chi connectivity index (χ3v) is 3.84. The molecular weight excluding hydrogens is 294 g/mol. The number of hydrogen-bond acceptors (Lipinski definition) is 4. The van der Waals surface area contributed by atoms with Crippen LogP contribution in [0, 0.1) is 0 Å². The van der Waals surface area contributed by atoms with Crippen molar-refractivity contribution in [3.8, 4) is 0 Å². The first-order valence-electron chi connectivity index (χ1n) is 7.99. The molecule has 1 aromatic rings. The second kappa shape index (κ2) is 7.32. The number of carbonyl (C=O) groups is 1. The SMILES string of the molecule is COCOC(C)c1ccccc1C1CN(C(=O)OC(C)(C)C)C1. The molecule has 1 aliphatic rings. The Morgan fingerprint density at radius 3 is 2.57 bits per heavy atom. The van der Waals surface area contributed by atoms with E-state index in [0.717, 1.165) is 5.56 Å². The fourth-order valence-electron chi connectivity index (χ4n) is 2.66. The van der Waals surface area contributed by atoms with Crippen molar-refractivity contribution in [2.45, 2.75) is 45.3 Å². The van der Waals surface area contributed by atoms with E-state index < -0.39 is 5.60 Å². The number of amides is 1. The van der Waals surface area contributed by atoms with Crippen LogP contribution >= 0.6 is 0 Å². The number of nitrogens with zero attached hydrogens (tertiary/aromatic N) is 1. The molecule has 2 rings (SSSR count). The largest absolute Gasteiger partial charge is 0.444 e. The zero-order valence-corrected chi connectivity index (χ0v) is 14.7. The van der Waals surface area contributed by atoms with E-state index in [0.29, 0.717) is 19.0 Å². The standard InChI is InChI=1S/C18H27NO4/c1-13(22-12-21-5)15-8-6-7-9-16(15)14-10-19(11-14)17(20)23-18(2,3)4/h6-9,13-14H,10-12H2,1-5H3. The van der Waals surface area contributed by atoms with Crippen LogP contribution in [0.5, 0.6) is 0 Å². The van der Waals surface area contributed by atoms with Gasteiger partial charge in [0.1, 0.15) is 12.4 Å². The molecule has 0 spiro atoms. The van der Waals surface area contributed by atoms with Crippen molar-refractivity contribution in [1.29, 1.82) is 0 Å². The fraction of sp³-hybridized carbons (Fsp3) is 0.611. The lowest BCUT2D eigenvalue weighted by Gasteiger charge is -2.41. The first-order chi connectivity index (χ1) is 10.8. The van der Waals surface area contributed by atoms with Crippen LogP contribution in [0.1, 0.15) is 50.8 Å². The lowest BCUT2D eigenvalue weighted by Crippen LogP contribution is -2.50. The van der Waals surface area contributed by atoms with Crippen molar-refractivity contribution in [3.05, 3.63) is 35.4 Å². The van der Waals surface area contributed by atoms with Crippen molar-refractivity contribution in [2.75, 3.05) is 27.0 Å². The summed E-state index contributed by atoms with van der Waals surface area (Å²) in [7, 11) is 1.61. The van der Waals surface area contributed by atoms with Crippen LogP contribution < -0.4 is 0 Å². The molecule has 1 aromatic carbocycles. The molecule has 23 heavy (non-hydrogen) atoms. The third-order valence-electron chi connectivity index (χ3n) is 3.84. The van der Waals surface area contributed by atoms with E-state index in [4.69, 9.17) is 14.2 Å². The maximum Gasteiger partial charge on any atom is 0.410 e. The van der Waals surface area contributed by atoms with Crippen LogP contribution in [0.15, 0.2) is 24.3 Å². The molecule has 1 atom stereocenters. The Morgan fingerprint density at radius 2 is 1.96 bits per heavy atom. The zero-order valence-electron chi connectivity index (χ0n) is 14.7. The van der Waals surface area contributed by atoms with Gasteiger partial charge in [-0.2, -0.15) is 0 Å². The van der Waals surface area contributed by atoms with Crippen molar-refractivity contribution in [3.63, 3.8) is 0 Å². The van der Waals surface area contributed by atoms with Gasteiger partial charge in [0.2, 0.25) is 0 Å². The van der Waals surface area contributed by atoms with E-state index in [9.17, 15) is 4.79 Å². The summed E-state index contributed by atoms with van der Waals surface area (Å²) in [4.78, 5) is 13.8. The molecule has 1 amide bonds. The number of benzene rings is 1. The zero-order chi connectivity index (χ0) is 17.0. The first-order valence-corrected chi connectivity index (χ1v) is 7.99. The molecule has 1 aliphatic heterocycles. The summed E-state index contributed by atoms with van der Waals surface area (Å²) in [6.45, 7) is 9.29. The Kier molecular flexibility index (Phi) is 5.65. The van der Waals surface area contributed by atoms with Gasteiger partial charge in [-0.15, -0.1) is 0 Å². The van der Waals surface area contributed by atoms with Crippen LogP contribution in [-0.4, -0.2) is 43.6 Å². The molecule has 1 heterocycles. The van der Waals surface area contributed by atoms with Gasteiger partial charge in [0.15, 0.2) is 0 Å². The van der Waals surface area contributed by atoms with E-state index in [1.807, 2.05) is 39.8 Å². The Bertz CT molecular complexity index is 532. The highest BCUT2D eigenvalue weighted by atomic mass is 16.7. The number of ether oxygens (including phenoxy) is 3. The summed E-state index contributed by atoms with van der Waals surface area (Å²) < 4.78 is 16.0. The topological polar surface area (TPSA) is 48.0 Å². The molecule has 128 valence electrons. The summed E-state index contributed by atoms with van der Waals surface area (Å²) in [6.07, 6.45) is -0.281. The molecule has 5 nitrogen and oxygen atoms in total. The van der Waals surface area contributed by atoms with Crippen LogP contribution in [0.4, 0.5) is 4.79 Å². The van der Waals surface area contributed by atoms with Crippen LogP contribution in [-0.2, 0) is 14.2 Å². The first kappa shape index (κ1) is 17.8. The average molecular weight is 321 g/mol. The molecule has 1 saturated heterocycles. The smallest absolute Gasteiger partial charge is 0.410 e. The Labute approximate surface area is 138 Å². The third kappa shape index (κ3) is 4.69. The van der Waals surface area contributed by atoms with Crippen LogP contribution in [0.2, 0.25) is 0 Å². The monoisotopic (exact) mass is 321 g/mol. The van der Waals surface area contributed by atoms with E-state index in [1.54, 1.807) is 12.0 Å². The molecular formula is C18H27NO4. The predicted octanol–water partition coefficient (Wildman–Crippen LogP) is 3.70. The summed E-state index contributed by atoms with van der Waals surface area (Å²) in [5.74, 6) is 0.326. The minimum absolute atomic E-state index is 0.0401. The molecule has 0 aromatic heterocycles.